The van der Waals surface area contributed by atoms with Gasteiger partial charge < -0.3 is 15.0 Å². The summed E-state index contributed by atoms with van der Waals surface area (Å²) >= 11 is 0. The minimum Gasteiger partial charge on any atom is -0.376 e. The van der Waals surface area contributed by atoms with Crippen molar-refractivity contribution in [2.24, 2.45) is 0 Å². The van der Waals surface area contributed by atoms with Crippen molar-refractivity contribution in [2.75, 3.05) is 26.2 Å². The van der Waals surface area contributed by atoms with Crippen LogP contribution in [0.5, 0.6) is 0 Å². The summed E-state index contributed by atoms with van der Waals surface area (Å²) in [4.78, 5) is 14.4. The smallest absolute Gasteiger partial charge is 0.225 e. The summed E-state index contributed by atoms with van der Waals surface area (Å²) in [5, 5.41) is 2.77. The first-order valence-corrected chi connectivity index (χ1v) is 9.53. The molecule has 0 bridgehead atoms. The third-order valence-corrected chi connectivity index (χ3v) is 4.81. The molecule has 6 heteroatoms. The maximum absolute atomic E-state index is 13.3. The molecule has 146 valence electrons. The van der Waals surface area contributed by atoms with E-state index in [-0.39, 0.29) is 23.7 Å². The van der Waals surface area contributed by atoms with Crippen LogP contribution in [0, 0.1) is 5.82 Å². The van der Waals surface area contributed by atoms with E-state index in [1.165, 1.54) is 18.2 Å². The largest absolute Gasteiger partial charge is 0.376 e. The van der Waals surface area contributed by atoms with Crippen LogP contribution in [0.1, 0.15) is 31.2 Å². The Morgan fingerprint density at radius 3 is 2.85 bits per heavy atom. The van der Waals surface area contributed by atoms with Crippen LogP contribution in [-0.2, 0) is 16.0 Å². The fourth-order valence-corrected chi connectivity index (χ4v) is 3.42. The summed E-state index contributed by atoms with van der Waals surface area (Å²) < 4.78 is 32.2. The molecule has 0 aromatic heterocycles. The fourth-order valence-electron chi connectivity index (χ4n) is 3.42. The second-order valence-corrected chi connectivity index (χ2v) is 7.07. The van der Waals surface area contributed by atoms with Gasteiger partial charge in [-0.1, -0.05) is 18.2 Å². The van der Waals surface area contributed by atoms with Gasteiger partial charge in [-0.25, -0.2) is 8.78 Å². The highest BCUT2D eigenvalue weighted by molar-refractivity contribution is 5.78. The lowest BCUT2D eigenvalue weighted by atomic mass is 10.1. The lowest BCUT2D eigenvalue weighted by Gasteiger charge is -2.23. The van der Waals surface area contributed by atoms with E-state index in [0.717, 1.165) is 31.5 Å². The number of nitrogens with one attached hydrogen (secondary N) is 1. The molecule has 1 saturated heterocycles. The van der Waals surface area contributed by atoms with E-state index < -0.39 is 0 Å². The number of ether oxygens (including phenoxy) is 1. The van der Waals surface area contributed by atoms with E-state index in [1.807, 2.05) is 6.08 Å². The molecule has 4 nitrogen and oxygen atoms in total. The Balaban J connectivity index is 1.46. The van der Waals surface area contributed by atoms with Gasteiger partial charge in [-0.2, -0.15) is 0 Å². The number of amides is 1. The van der Waals surface area contributed by atoms with Crippen molar-refractivity contribution in [2.45, 2.75) is 38.2 Å². The number of benzene rings is 1. The molecule has 1 heterocycles. The highest BCUT2D eigenvalue weighted by Gasteiger charge is 2.20. The highest BCUT2D eigenvalue weighted by atomic mass is 19.1. The van der Waals surface area contributed by atoms with Gasteiger partial charge in [-0.05, 0) is 43.0 Å². The van der Waals surface area contributed by atoms with E-state index in [0.29, 0.717) is 38.1 Å². The van der Waals surface area contributed by atoms with Gasteiger partial charge in [0.2, 0.25) is 5.91 Å². The molecule has 1 aromatic carbocycles. The van der Waals surface area contributed by atoms with Crippen molar-refractivity contribution in [3.63, 3.8) is 0 Å². The summed E-state index contributed by atoms with van der Waals surface area (Å²) in [7, 11) is 0. The zero-order chi connectivity index (χ0) is 19.1. The molecule has 1 N–H and O–H groups in total. The number of carbonyl (C=O) groups is 1. The normalized spacial score (nSPS) is 21.2. The first-order valence-electron chi connectivity index (χ1n) is 9.53. The molecule has 1 aromatic rings. The van der Waals surface area contributed by atoms with Crippen LogP contribution >= 0.6 is 0 Å². The van der Waals surface area contributed by atoms with Gasteiger partial charge in [0.1, 0.15) is 11.6 Å². The van der Waals surface area contributed by atoms with Crippen molar-refractivity contribution < 1.29 is 18.3 Å². The molecule has 1 amide bonds. The predicted octanol–water partition coefficient (Wildman–Crippen LogP) is 3.50. The number of carbonyl (C=O) groups excluding carboxylic acids is 1. The average Bonchev–Trinajstić information content (AvgIpc) is 2.87. The zero-order valence-electron chi connectivity index (χ0n) is 15.4. The van der Waals surface area contributed by atoms with Crippen LogP contribution < -0.4 is 5.32 Å². The fraction of sp³-hybridized carbons (Fsp3) is 0.476. The van der Waals surface area contributed by atoms with Gasteiger partial charge in [-0.15, -0.1) is 0 Å². The minimum atomic E-state index is -0.240. The van der Waals surface area contributed by atoms with Gasteiger partial charge >= 0.3 is 0 Å². The summed E-state index contributed by atoms with van der Waals surface area (Å²) in [6.45, 7) is 2.94. The summed E-state index contributed by atoms with van der Waals surface area (Å²) in [6.07, 6.45) is 6.28. The lowest BCUT2D eigenvalue weighted by Crippen LogP contribution is -2.36. The number of halogens is 2. The third-order valence-electron chi connectivity index (χ3n) is 4.81. The molecule has 1 fully saturated rings. The van der Waals surface area contributed by atoms with Crippen LogP contribution in [0.2, 0.25) is 0 Å². The Morgan fingerprint density at radius 2 is 2.07 bits per heavy atom. The quantitative estimate of drug-likeness (QED) is 0.826. The molecular formula is C21H26F2N2O2. The van der Waals surface area contributed by atoms with Crippen molar-refractivity contribution in [1.82, 2.24) is 10.2 Å². The molecule has 1 aliphatic heterocycles. The number of rotatable bonds is 6. The summed E-state index contributed by atoms with van der Waals surface area (Å²) in [6, 6.07) is 6.49. The maximum Gasteiger partial charge on any atom is 0.225 e. The van der Waals surface area contributed by atoms with E-state index >= 15 is 0 Å². The molecular weight excluding hydrogens is 350 g/mol. The Bertz CT molecular complexity index is 701. The molecule has 3 rings (SSSR count). The maximum atomic E-state index is 13.3. The predicted molar refractivity (Wildman–Crippen MR) is 100 cm³/mol. The van der Waals surface area contributed by atoms with Crippen molar-refractivity contribution in [3.05, 3.63) is 59.3 Å². The molecule has 1 atom stereocenters. The van der Waals surface area contributed by atoms with E-state index in [4.69, 9.17) is 4.74 Å². The van der Waals surface area contributed by atoms with Crippen LogP contribution in [0.15, 0.2) is 47.9 Å². The Morgan fingerprint density at radius 1 is 1.26 bits per heavy atom. The van der Waals surface area contributed by atoms with Crippen LogP contribution in [0.25, 0.3) is 0 Å². The van der Waals surface area contributed by atoms with Gasteiger partial charge in [-0.3, -0.25) is 4.79 Å². The van der Waals surface area contributed by atoms with Gasteiger partial charge in [0.05, 0.1) is 6.10 Å². The third kappa shape index (κ3) is 6.56. The Kier molecular flexibility index (Phi) is 7.12. The molecule has 0 spiro atoms. The van der Waals surface area contributed by atoms with E-state index in [1.54, 1.807) is 12.1 Å². The molecule has 0 radical (unpaired) electrons. The van der Waals surface area contributed by atoms with Crippen LogP contribution in [-0.4, -0.2) is 43.2 Å². The number of hydrogen-bond donors (Lipinski definition) is 1. The van der Waals surface area contributed by atoms with Crippen molar-refractivity contribution >= 4 is 5.91 Å². The van der Waals surface area contributed by atoms with Crippen molar-refractivity contribution in [3.8, 4) is 0 Å². The monoisotopic (exact) mass is 376 g/mol. The molecule has 1 unspecified atom stereocenters. The van der Waals surface area contributed by atoms with Gasteiger partial charge in [0.15, 0.2) is 0 Å². The summed E-state index contributed by atoms with van der Waals surface area (Å²) in [5.74, 6) is -0.537. The van der Waals surface area contributed by atoms with Gasteiger partial charge in [0, 0.05) is 44.8 Å². The number of hydrogen-bond acceptors (Lipinski definition) is 3. The van der Waals surface area contributed by atoms with E-state index in [2.05, 4.69) is 10.2 Å². The van der Waals surface area contributed by atoms with E-state index in [9.17, 15) is 13.6 Å². The Hall–Kier alpha value is -2.05. The van der Waals surface area contributed by atoms with Crippen LogP contribution in [0.3, 0.4) is 0 Å². The standard InChI is InChI=1S/C21H26F2N2O2/c22-17-7-5-16(6-8-17)13-20-15-25(10-2-12-27-20)11-9-21(26)24-19-4-1-3-18(23)14-19/h4-8,14,20H,1-3,9-13,15H2,(H,24,26). The van der Waals surface area contributed by atoms with Gasteiger partial charge in [0.25, 0.3) is 0 Å². The van der Waals surface area contributed by atoms with Crippen molar-refractivity contribution in [1.29, 1.82) is 0 Å². The van der Waals surface area contributed by atoms with Crippen LogP contribution in [0.4, 0.5) is 8.78 Å². The SMILES string of the molecule is O=C(CCN1CCCOC(Cc2ccc(F)cc2)C1)NC1=CCCC(F)=C1. The Labute approximate surface area is 158 Å². The highest BCUT2D eigenvalue weighted by Crippen LogP contribution is 2.17. The average molecular weight is 376 g/mol. The summed E-state index contributed by atoms with van der Waals surface area (Å²) in [5.41, 5.74) is 1.59. The lowest BCUT2D eigenvalue weighted by molar-refractivity contribution is -0.120. The minimum absolute atomic E-state index is 0.0269. The second kappa shape index (κ2) is 9.76. The molecule has 2 aliphatic rings. The number of allylic oxidation sites excluding steroid dienone is 3. The molecule has 27 heavy (non-hydrogen) atoms. The second-order valence-electron chi connectivity index (χ2n) is 7.07. The number of nitrogens with zero attached hydrogens (tertiary/aromatic N) is 1. The molecule has 1 aliphatic carbocycles. The first-order chi connectivity index (χ1) is 13.1. The topological polar surface area (TPSA) is 41.6 Å². The zero-order valence-corrected chi connectivity index (χ0v) is 15.4. The molecule has 0 saturated carbocycles. The first kappa shape index (κ1) is 19.7.